The summed E-state index contributed by atoms with van der Waals surface area (Å²) in [5.41, 5.74) is 6.20. The number of carbonyl (C=O) groups is 1. The van der Waals surface area contributed by atoms with Gasteiger partial charge in [0.25, 0.3) is 5.91 Å². The first-order valence-electron chi connectivity index (χ1n) is 6.78. The molecular formula is C14H18N2O4. The van der Waals surface area contributed by atoms with Crippen LogP contribution < -0.4 is 15.2 Å². The minimum Gasteiger partial charge on any atom is -0.486 e. The monoisotopic (exact) mass is 278 g/mol. The average molecular weight is 278 g/mol. The van der Waals surface area contributed by atoms with Crippen LogP contribution in [0.25, 0.3) is 0 Å². The van der Waals surface area contributed by atoms with Crippen LogP contribution in [0, 0.1) is 0 Å². The van der Waals surface area contributed by atoms with Crippen molar-refractivity contribution in [2.45, 2.75) is 6.10 Å². The Morgan fingerprint density at radius 1 is 1.25 bits per heavy atom. The molecule has 1 aromatic carbocycles. The second-order valence-corrected chi connectivity index (χ2v) is 4.84. The highest BCUT2D eigenvalue weighted by atomic mass is 16.6. The van der Waals surface area contributed by atoms with Gasteiger partial charge in [-0.25, -0.2) is 0 Å². The van der Waals surface area contributed by atoms with Crippen molar-refractivity contribution in [1.82, 2.24) is 4.90 Å². The van der Waals surface area contributed by atoms with E-state index in [0.717, 1.165) is 0 Å². The average Bonchev–Trinajstić information content (AvgIpc) is 2.53. The molecule has 0 aliphatic carbocycles. The molecule has 108 valence electrons. The zero-order chi connectivity index (χ0) is 13.9. The molecule has 2 N–H and O–H groups in total. The van der Waals surface area contributed by atoms with Crippen LogP contribution in [0.3, 0.4) is 0 Å². The van der Waals surface area contributed by atoms with Gasteiger partial charge in [0.1, 0.15) is 13.2 Å². The van der Waals surface area contributed by atoms with Gasteiger partial charge in [0.05, 0.1) is 12.7 Å². The topological polar surface area (TPSA) is 74.0 Å². The lowest BCUT2D eigenvalue weighted by Gasteiger charge is -2.32. The Morgan fingerprint density at radius 2 is 2.05 bits per heavy atom. The molecule has 1 unspecified atom stereocenters. The lowest BCUT2D eigenvalue weighted by molar-refractivity contribution is -0.0167. The van der Waals surface area contributed by atoms with Crippen LogP contribution in [-0.2, 0) is 4.74 Å². The SMILES string of the molecule is NCC1CN(C(=O)c2ccc3c(c2)OCCO3)CCO1. The quantitative estimate of drug-likeness (QED) is 0.840. The lowest BCUT2D eigenvalue weighted by Crippen LogP contribution is -2.48. The highest BCUT2D eigenvalue weighted by Crippen LogP contribution is 2.31. The first kappa shape index (κ1) is 13.2. The van der Waals surface area contributed by atoms with Crippen molar-refractivity contribution >= 4 is 5.91 Å². The normalized spacial score (nSPS) is 21.6. The Kier molecular flexibility index (Phi) is 3.75. The van der Waals surface area contributed by atoms with Gasteiger partial charge in [-0.3, -0.25) is 4.79 Å². The summed E-state index contributed by atoms with van der Waals surface area (Å²) in [5, 5.41) is 0. The third-order valence-corrected chi connectivity index (χ3v) is 3.48. The fourth-order valence-corrected chi connectivity index (χ4v) is 2.41. The largest absolute Gasteiger partial charge is 0.486 e. The van der Waals surface area contributed by atoms with Crippen molar-refractivity contribution in [1.29, 1.82) is 0 Å². The van der Waals surface area contributed by atoms with E-state index in [4.69, 9.17) is 19.9 Å². The summed E-state index contributed by atoms with van der Waals surface area (Å²) >= 11 is 0. The Bertz CT molecular complexity index is 506. The van der Waals surface area contributed by atoms with Crippen LogP contribution in [0.4, 0.5) is 0 Å². The van der Waals surface area contributed by atoms with Gasteiger partial charge in [-0.05, 0) is 18.2 Å². The number of morpholine rings is 1. The Morgan fingerprint density at radius 3 is 2.85 bits per heavy atom. The van der Waals surface area contributed by atoms with E-state index in [9.17, 15) is 4.79 Å². The standard InChI is InChI=1S/C14H18N2O4/c15-8-11-9-16(3-4-18-11)14(17)10-1-2-12-13(7-10)20-6-5-19-12/h1-2,7,11H,3-6,8-9,15H2. The number of nitrogens with two attached hydrogens (primary N) is 1. The van der Waals surface area contributed by atoms with Crippen LogP contribution >= 0.6 is 0 Å². The van der Waals surface area contributed by atoms with E-state index in [0.29, 0.717) is 56.5 Å². The van der Waals surface area contributed by atoms with E-state index < -0.39 is 0 Å². The van der Waals surface area contributed by atoms with Crippen LogP contribution in [0.2, 0.25) is 0 Å². The molecular weight excluding hydrogens is 260 g/mol. The summed E-state index contributed by atoms with van der Waals surface area (Å²) in [7, 11) is 0. The smallest absolute Gasteiger partial charge is 0.254 e. The molecule has 2 aliphatic heterocycles. The number of fused-ring (bicyclic) bond motifs is 1. The minimum atomic E-state index is -0.0788. The molecule has 1 aromatic rings. The van der Waals surface area contributed by atoms with Gasteiger partial charge in [0.2, 0.25) is 0 Å². The van der Waals surface area contributed by atoms with Gasteiger partial charge in [-0.2, -0.15) is 0 Å². The Labute approximate surface area is 117 Å². The minimum absolute atomic E-state index is 0.0243. The molecule has 2 aliphatic rings. The van der Waals surface area contributed by atoms with E-state index in [1.807, 2.05) is 0 Å². The Hall–Kier alpha value is -1.79. The maximum Gasteiger partial charge on any atom is 0.254 e. The molecule has 3 rings (SSSR count). The molecule has 2 heterocycles. The molecule has 1 fully saturated rings. The number of ether oxygens (including phenoxy) is 3. The van der Waals surface area contributed by atoms with Crippen molar-refractivity contribution in [3.05, 3.63) is 23.8 Å². The number of carbonyl (C=O) groups excluding carboxylic acids is 1. The number of rotatable bonds is 2. The summed E-state index contributed by atoms with van der Waals surface area (Å²) in [6.45, 7) is 3.12. The van der Waals surface area contributed by atoms with E-state index in [2.05, 4.69) is 0 Å². The first-order valence-corrected chi connectivity index (χ1v) is 6.78. The van der Waals surface area contributed by atoms with Gasteiger partial charge < -0.3 is 24.8 Å². The van der Waals surface area contributed by atoms with E-state index in [1.54, 1.807) is 23.1 Å². The molecule has 0 aromatic heterocycles. The third kappa shape index (κ3) is 2.57. The number of nitrogens with zero attached hydrogens (tertiary/aromatic N) is 1. The fraction of sp³-hybridized carbons (Fsp3) is 0.500. The molecule has 6 heteroatoms. The van der Waals surface area contributed by atoms with E-state index in [-0.39, 0.29) is 12.0 Å². The highest BCUT2D eigenvalue weighted by molar-refractivity contribution is 5.95. The summed E-state index contributed by atoms with van der Waals surface area (Å²) in [4.78, 5) is 14.3. The third-order valence-electron chi connectivity index (χ3n) is 3.48. The fourth-order valence-electron chi connectivity index (χ4n) is 2.41. The van der Waals surface area contributed by atoms with Gasteiger partial charge in [-0.15, -0.1) is 0 Å². The van der Waals surface area contributed by atoms with Gasteiger partial charge in [0.15, 0.2) is 11.5 Å². The van der Waals surface area contributed by atoms with E-state index >= 15 is 0 Å². The second kappa shape index (κ2) is 5.68. The van der Waals surface area contributed by atoms with Crippen molar-refractivity contribution in [2.75, 3.05) is 39.5 Å². The van der Waals surface area contributed by atoms with Crippen LogP contribution in [0.5, 0.6) is 11.5 Å². The number of benzene rings is 1. The molecule has 0 radical (unpaired) electrons. The predicted molar refractivity (Wildman–Crippen MR) is 72.1 cm³/mol. The molecule has 0 saturated carbocycles. The summed E-state index contributed by atoms with van der Waals surface area (Å²) in [6, 6.07) is 5.29. The summed E-state index contributed by atoms with van der Waals surface area (Å²) < 4.78 is 16.4. The van der Waals surface area contributed by atoms with Gasteiger partial charge in [-0.1, -0.05) is 0 Å². The zero-order valence-electron chi connectivity index (χ0n) is 11.2. The molecule has 6 nitrogen and oxygen atoms in total. The number of hydrogen-bond donors (Lipinski definition) is 1. The molecule has 0 bridgehead atoms. The predicted octanol–water partition coefficient (Wildman–Crippen LogP) is 0.257. The molecule has 1 saturated heterocycles. The maximum absolute atomic E-state index is 12.5. The summed E-state index contributed by atoms with van der Waals surface area (Å²) in [6.07, 6.45) is -0.0788. The highest BCUT2D eigenvalue weighted by Gasteiger charge is 2.25. The second-order valence-electron chi connectivity index (χ2n) is 4.84. The lowest BCUT2D eigenvalue weighted by atomic mass is 10.1. The van der Waals surface area contributed by atoms with Crippen LogP contribution in [0.1, 0.15) is 10.4 Å². The van der Waals surface area contributed by atoms with Crippen LogP contribution in [0.15, 0.2) is 18.2 Å². The van der Waals surface area contributed by atoms with Crippen molar-refractivity contribution in [3.63, 3.8) is 0 Å². The molecule has 1 amide bonds. The number of hydrogen-bond acceptors (Lipinski definition) is 5. The maximum atomic E-state index is 12.5. The zero-order valence-corrected chi connectivity index (χ0v) is 11.2. The number of amides is 1. The van der Waals surface area contributed by atoms with E-state index in [1.165, 1.54) is 0 Å². The van der Waals surface area contributed by atoms with Gasteiger partial charge >= 0.3 is 0 Å². The molecule has 20 heavy (non-hydrogen) atoms. The van der Waals surface area contributed by atoms with Crippen LogP contribution in [-0.4, -0.2) is 56.4 Å². The summed E-state index contributed by atoms with van der Waals surface area (Å²) in [5.74, 6) is 1.30. The van der Waals surface area contributed by atoms with Crippen molar-refractivity contribution in [2.24, 2.45) is 5.73 Å². The molecule has 0 spiro atoms. The first-order chi connectivity index (χ1) is 9.78. The molecule has 1 atom stereocenters. The Balaban J connectivity index is 1.76. The van der Waals surface area contributed by atoms with Crippen molar-refractivity contribution in [3.8, 4) is 11.5 Å². The van der Waals surface area contributed by atoms with Gasteiger partial charge in [0, 0.05) is 25.2 Å². The van der Waals surface area contributed by atoms with Crippen molar-refractivity contribution < 1.29 is 19.0 Å².